The van der Waals surface area contributed by atoms with Crippen molar-refractivity contribution in [1.29, 1.82) is 0 Å². The minimum Gasteiger partial charge on any atom is -0.317 e. The quantitative estimate of drug-likeness (QED) is 0.664. The molecule has 16 heavy (non-hydrogen) atoms. The fourth-order valence-electron chi connectivity index (χ4n) is 2.02. The van der Waals surface area contributed by atoms with E-state index in [1.807, 2.05) is 7.05 Å². The summed E-state index contributed by atoms with van der Waals surface area (Å²) in [6.07, 6.45) is 2.34. The molecular formula is C11H16BrN3S. The standard InChI is InChI=1S/C11H16BrN3S/c1-13-15-10(8-2-5-14-6-3-8)11-9(12)4-7-16-11/h4,7-8,13-14H,2-3,5-6H2,1H3. The van der Waals surface area contributed by atoms with E-state index in [1.54, 1.807) is 11.3 Å². The van der Waals surface area contributed by atoms with Crippen LogP contribution in [0.4, 0.5) is 0 Å². The summed E-state index contributed by atoms with van der Waals surface area (Å²) in [5.74, 6) is 0.573. The van der Waals surface area contributed by atoms with Gasteiger partial charge in [0.2, 0.25) is 0 Å². The van der Waals surface area contributed by atoms with Gasteiger partial charge in [-0.25, -0.2) is 0 Å². The van der Waals surface area contributed by atoms with E-state index in [0.29, 0.717) is 5.92 Å². The van der Waals surface area contributed by atoms with Gasteiger partial charge >= 0.3 is 0 Å². The van der Waals surface area contributed by atoms with Crippen molar-refractivity contribution >= 4 is 33.0 Å². The van der Waals surface area contributed by atoms with Crippen molar-refractivity contribution in [2.75, 3.05) is 20.1 Å². The van der Waals surface area contributed by atoms with E-state index >= 15 is 0 Å². The molecule has 2 N–H and O–H groups in total. The van der Waals surface area contributed by atoms with Crippen LogP contribution >= 0.6 is 27.3 Å². The molecule has 88 valence electrons. The van der Waals surface area contributed by atoms with E-state index in [2.05, 4.69) is 43.2 Å². The molecule has 0 saturated carbocycles. The van der Waals surface area contributed by atoms with Gasteiger partial charge < -0.3 is 10.7 Å². The van der Waals surface area contributed by atoms with Crippen molar-refractivity contribution in [3.63, 3.8) is 0 Å². The predicted molar refractivity (Wildman–Crippen MR) is 73.2 cm³/mol. The number of nitrogens with zero attached hydrogens (tertiary/aromatic N) is 1. The monoisotopic (exact) mass is 301 g/mol. The molecule has 2 rings (SSSR count). The number of halogens is 1. The summed E-state index contributed by atoms with van der Waals surface area (Å²) in [4.78, 5) is 1.27. The highest BCUT2D eigenvalue weighted by Crippen LogP contribution is 2.28. The minimum absolute atomic E-state index is 0.573. The lowest BCUT2D eigenvalue weighted by Gasteiger charge is -2.23. The molecule has 0 unspecified atom stereocenters. The third-order valence-corrected chi connectivity index (χ3v) is 4.67. The minimum atomic E-state index is 0.573. The average molecular weight is 302 g/mol. The molecule has 0 aromatic carbocycles. The first kappa shape index (κ1) is 12.1. The summed E-state index contributed by atoms with van der Waals surface area (Å²) in [6, 6.07) is 2.09. The molecule has 3 nitrogen and oxygen atoms in total. The van der Waals surface area contributed by atoms with E-state index in [-0.39, 0.29) is 0 Å². The van der Waals surface area contributed by atoms with Crippen LogP contribution in [0.3, 0.4) is 0 Å². The molecule has 1 aromatic rings. The molecule has 0 aliphatic carbocycles. The maximum atomic E-state index is 4.47. The van der Waals surface area contributed by atoms with Crippen molar-refractivity contribution in [3.05, 3.63) is 20.8 Å². The molecule has 0 atom stereocenters. The van der Waals surface area contributed by atoms with Crippen LogP contribution in [0.5, 0.6) is 0 Å². The van der Waals surface area contributed by atoms with Gasteiger partial charge in [-0.1, -0.05) is 0 Å². The fourth-order valence-corrected chi connectivity index (χ4v) is 3.66. The first-order valence-electron chi connectivity index (χ1n) is 5.51. The second-order valence-electron chi connectivity index (χ2n) is 3.84. The molecule has 1 fully saturated rings. The van der Waals surface area contributed by atoms with E-state index in [0.717, 1.165) is 17.6 Å². The van der Waals surface area contributed by atoms with Crippen LogP contribution in [0.25, 0.3) is 0 Å². The van der Waals surface area contributed by atoms with Gasteiger partial charge in [-0.2, -0.15) is 5.10 Å². The SMILES string of the molecule is CNN=C(c1sccc1Br)C1CCNCC1. The molecular weight excluding hydrogens is 286 g/mol. The maximum absolute atomic E-state index is 4.47. The van der Waals surface area contributed by atoms with E-state index in [1.165, 1.54) is 23.4 Å². The Morgan fingerprint density at radius 2 is 2.31 bits per heavy atom. The van der Waals surface area contributed by atoms with Gasteiger partial charge in [-0.05, 0) is 53.3 Å². The third-order valence-electron chi connectivity index (χ3n) is 2.81. The molecule has 0 spiro atoms. The van der Waals surface area contributed by atoms with Gasteiger partial charge in [-0.3, -0.25) is 0 Å². The topological polar surface area (TPSA) is 36.4 Å². The van der Waals surface area contributed by atoms with Crippen molar-refractivity contribution in [1.82, 2.24) is 10.7 Å². The number of piperidine rings is 1. The van der Waals surface area contributed by atoms with Crippen molar-refractivity contribution in [2.45, 2.75) is 12.8 Å². The Balaban J connectivity index is 2.23. The van der Waals surface area contributed by atoms with Crippen LogP contribution < -0.4 is 10.7 Å². The zero-order valence-corrected chi connectivity index (χ0v) is 11.7. The Morgan fingerprint density at radius 1 is 1.56 bits per heavy atom. The average Bonchev–Trinajstić information content (AvgIpc) is 2.73. The van der Waals surface area contributed by atoms with Crippen LogP contribution in [0, 0.1) is 5.92 Å². The van der Waals surface area contributed by atoms with Gasteiger partial charge in [0.25, 0.3) is 0 Å². The Morgan fingerprint density at radius 3 is 2.88 bits per heavy atom. The Kier molecular flexibility index (Phi) is 4.37. The summed E-state index contributed by atoms with van der Waals surface area (Å²) < 4.78 is 1.16. The van der Waals surface area contributed by atoms with Crippen LogP contribution in [0.2, 0.25) is 0 Å². The molecule has 5 heteroatoms. The van der Waals surface area contributed by atoms with Gasteiger partial charge in [0.05, 0.1) is 10.6 Å². The zero-order valence-electron chi connectivity index (χ0n) is 9.29. The fraction of sp³-hybridized carbons (Fsp3) is 0.545. The molecule has 1 aliphatic heterocycles. The molecule has 1 aliphatic rings. The summed E-state index contributed by atoms with van der Waals surface area (Å²) in [7, 11) is 1.86. The molecule has 1 saturated heterocycles. The summed E-state index contributed by atoms with van der Waals surface area (Å²) in [5.41, 5.74) is 4.13. The molecule has 1 aromatic heterocycles. The smallest absolute Gasteiger partial charge is 0.0817 e. The van der Waals surface area contributed by atoms with Gasteiger partial charge in [0.15, 0.2) is 0 Å². The van der Waals surface area contributed by atoms with Gasteiger partial charge in [0.1, 0.15) is 0 Å². The first-order chi connectivity index (χ1) is 7.83. The van der Waals surface area contributed by atoms with Gasteiger partial charge in [-0.15, -0.1) is 11.3 Å². The highest BCUT2D eigenvalue weighted by molar-refractivity contribution is 9.10. The number of hydrogen-bond acceptors (Lipinski definition) is 4. The number of thiophene rings is 1. The van der Waals surface area contributed by atoms with Crippen molar-refractivity contribution < 1.29 is 0 Å². The summed E-state index contributed by atoms with van der Waals surface area (Å²) in [5, 5.41) is 9.96. The molecule has 0 bridgehead atoms. The van der Waals surface area contributed by atoms with Crippen LogP contribution in [-0.2, 0) is 0 Å². The lowest BCUT2D eigenvalue weighted by molar-refractivity contribution is 0.455. The molecule has 0 radical (unpaired) electrons. The zero-order chi connectivity index (χ0) is 11.4. The Labute approximate surface area is 108 Å². The maximum Gasteiger partial charge on any atom is 0.0817 e. The largest absolute Gasteiger partial charge is 0.317 e. The van der Waals surface area contributed by atoms with Crippen LogP contribution in [0.1, 0.15) is 17.7 Å². The summed E-state index contributed by atoms with van der Waals surface area (Å²) >= 11 is 5.34. The highest BCUT2D eigenvalue weighted by Gasteiger charge is 2.22. The van der Waals surface area contributed by atoms with Crippen molar-refractivity contribution in [3.8, 4) is 0 Å². The number of nitrogens with one attached hydrogen (secondary N) is 2. The number of hydrazone groups is 1. The van der Waals surface area contributed by atoms with Gasteiger partial charge in [0, 0.05) is 17.4 Å². The van der Waals surface area contributed by atoms with E-state index in [4.69, 9.17) is 0 Å². The van der Waals surface area contributed by atoms with Crippen molar-refractivity contribution in [2.24, 2.45) is 11.0 Å². The predicted octanol–water partition coefficient (Wildman–Crippen LogP) is 2.43. The lowest BCUT2D eigenvalue weighted by Crippen LogP contribution is -2.32. The van der Waals surface area contributed by atoms with Crippen LogP contribution in [-0.4, -0.2) is 25.8 Å². The van der Waals surface area contributed by atoms with E-state index in [9.17, 15) is 0 Å². The normalized spacial score (nSPS) is 18.8. The Bertz CT molecular complexity index is 369. The molecule has 0 amide bonds. The molecule has 2 heterocycles. The second kappa shape index (κ2) is 5.80. The number of rotatable bonds is 3. The number of hydrogen-bond donors (Lipinski definition) is 2. The van der Waals surface area contributed by atoms with E-state index < -0.39 is 0 Å². The van der Waals surface area contributed by atoms with Crippen LogP contribution in [0.15, 0.2) is 21.0 Å². The summed E-state index contributed by atoms with van der Waals surface area (Å²) in [6.45, 7) is 2.19. The highest BCUT2D eigenvalue weighted by atomic mass is 79.9. The third kappa shape index (κ3) is 2.64. The first-order valence-corrected chi connectivity index (χ1v) is 7.18. The second-order valence-corrected chi connectivity index (χ2v) is 5.61. The Hall–Kier alpha value is -0.390. The lowest BCUT2D eigenvalue weighted by atomic mass is 9.92.